The molecule has 0 saturated heterocycles. The molecule has 2 aromatic carbocycles. The largest absolute Gasteiger partial charge is 0.464 e. The number of hydrogen-bond acceptors (Lipinski definition) is 3. The molecule has 0 aliphatic rings. The second-order valence-corrected chi connectivity index (χ2v) is 4.25. The molecule has 1 heterocycles. The summed E-state index contributed by atoms with van der Waals surface area (Å²) in [5, 5.41) is 1.99. The molecule has 0 radical (unpaired) electrons. The maximum Gasteiger partial charge on any atom is 0.354 e. The number of carbonyl (C=O) groups excluding carboxylic acids is 1. The number of esters is 1. The summed E-state index contributed by atoms with van der Waals surface area (Å²) in [6, 6.07) is 12.6. The number of benzene rings is 1. The van der Waals surface area contributed by atoms with Gasteiger partial charge < -0.3 is 9.72 Å². The van der Waals surface area contributed by atoms with Gasteiger partial charge in [0.25, 0.3) is 0 Å². The molecule has 0 amide bonds. The number of methoxy groups -OCH3 is 1. The van der Waals surface area contributed by atoms with Crippen molar-refractivity contribution in [3.63, 3.8) is 0 Å². The predicted molar refractivity (Wildman–Crippen MR) is 73.4 cm³/mol. The van der Waals surface area contributed by atoms with E-state index in [1.165, 1.54) is 13.2 Å². The fourth-order valence-electron chi connectivity index (χ4n) is 2.18. The summed E-state index contributed by atoms with van der Waals surface area (Å²) in [4.78, 5) is 26.8. The molecule has 0 aliphatic carbocycles. The zero-order chi connectivity index (χ0) is 13.4. The molecule has 0 atom stereocenters. The lowest BCUT2D eigenvalue weighted by Gasteiger charge is -1.92. The molecule has 94 valence electrons. The van der Waals surface area contributed by atoms with Crippen LogP contribution in [-0.4, -0.2) is 18.1 Å². The molecule has 0 fully saturated rings. The summed E-state index contributed by atoms with van der Waals surface area (Å²) in [5.41, 5.74) is 0.813. The first-order valence-corrected chi connectivity index (χ1v) is 5.84. The van der Waals surface area contributed by atoms with Crippen LogP contribution in [0.2, 0.25) is 0 Å². The van der Waals surface area contributed by atoms with Gasteiger partial charge >= 0.3 is 5.97 Å². The summed E-state index contributed by atoms with van der Waals surface area (Å²) in [6.45, 7) is 0. The van der Waals surface area contributed by atoms with Crippen LogP contribution in [0, 0.1) is 0 Å². The van der Waals surface area contributed by atoms with Crippen molar-refractivity contribution in [1.29, 1.82) is 0 Å². The van der Waals surface area contributed by atoms with E-state index < -0.39 is 5.97 Å². The number of ether oxygens (including phenoxy) is 1. The zero-order valence-corrected chi connectivity index (χ0v) is 10.3. The highest BCUT2D eigenvalue weighted by Gasteiger charge is 2.11. The number of H-pyrrole nitrogens is 1. The average molecular weight is 253 g/mol. The molecule has 0 spiro atoms. The Morgan fingerprint density at radius 3 is 2.68 bits per heavy atom. The van der Waals surface area contributed by atoms with E-state index in [0.717, 1.165) is 5.39 Å². The summed E-state index contributed by atoms with van der Waals surface area (Å²) in [6.07, 6.45) is 0. The van der Waals surface area contributed by atoms with Crippen molar-refractivity contribution < 1.29 is 9.53 Å². The monoisotopic (exact) mass is 253 g/mol. The van der Waals surface area contributed by atoms with Crippen LogP contribution in [0.1, 0.15) is 10.5 Å². The minimum absolute atomic E-state index is 0.0954. The molecule has 19 heavy (non-hydrogen) atoms. The molecule has 0 bridgehead atoms. The molecular formula is C15H11NO3. The number of rotatable bonds is 1. The van der Waals surface area contributed by atoms with Crippen LogP contribution in [-0.2, 0) is 4.74 Å². The zero-order valence-electron chi connectivity index (χ0n) is 10.3. The summed E-state index contributed by atoms with van der Waals surface area (Å²) >= 11 is 0. The third-order valence-electron chi connectivity index (χ3n) is 3.13. The number of hydrogen-bond donors (Lipinski definition) is 1. The highest BCUT2D eigenvalue weighted by Crippen LogP contribution is 2.16. The van der Waals surface area contributed by atoms with Crippen molar-refractivity contribution in [3.8, 4) is 0 Å². The molecule has 0 saturated carbocycles. The van der Waals surface area contributed by atoms with Crippen LogP contribution in [0.4, 0.5) is 0 Å². The second-order valence-electron chi connectivity index (χ2n) is 4.25. The van der Waals surface area contributed by atoms with Crippen LogP contribution in [0.5, 0.6) is 0 Å². The SMILES string of the molecule is COC(=O)c1cc2c(=O)c3ccccc3ccc2[nH]1. The molecule has 0 aliphatic heterocycles. The van der Waals surface area contributed by atoms with E-state index in [2.05, 4.69) is 9.72 Å². The minimum Gasteiger partial charge on any atom is -0.464 e. The smallest absolute Gasteiger partial charge is 0.354 e. The Morgan fingerprint density at radius 1 is 1.11 bits per heavy atom. The molecule has 3 aromatic rings. The second kappa shape index (κ2) is 4.24. The first kappa shape index (κ1) is 11.5. The van der Waals surface area contributed by atoms with Gasteiger partial charge in [-0.25, -0.2) is 4.79 Å². The Balaban J connectivity index is 2.43. The Labute approximate surface area is 108 Å². The van der Waals surface area contributed by atoms with Gasteiger partial charge in [0.2, 0.25) is 0 Å². The van der Waals surface area contributed by atoms with Gasteiger partial charge in [-0.05, 0) is 17.5 Å². The number of carbonyl (C=O) groups is 1. The lowest BCUT2D eigenvalue weighted by molar-refractivity contribution is 0.0595. The molecule has 4 heteroatoms. The first-order chi connectivity index (χ1) is 9.20. The van der Waals surface area contributed by atoms with Gasteiger partial charge in [0.1, 0.15) is 5.69 Å². The maximum absolute atomic E-state index is 12.4. The van der Waals surface area contributed by atoms with Crippen molar-refractivity contribution in [2.45, 2.75) is 0 Å². The van der Waals surface area contributed by atoms with Crippen molar-refractivity contribution in [3.05, 3.63) is 58.4 Å². The number of fused-ring (bicyclic) bond motifs is 2. The van der Waals surface area contributed by atoms with Gasteiger partial charge in [-0.15, -0.1) is 0 Å². The number of nitrogens with one attached hydrogen (secondary N) is 1. The van der Waals surface area contributed by atoms with Crippen molar-refractivity contribution >= 4 is 27.6 Å². The topological polar surface area (TPSA) is 59.2 Å². The molecule has 1 N–H and O–H groups in total. The maximum atomic E-state index is 12.4. The average Bonchev–Trinajstić information content (AvgIpc) is 2.83. The first-order valence-electron chi connectivity index (χ1n) is 5.84. The van der Waals surface area contributed by atoms with Crippen molar-refractivity contribution in [2.75, 3.05) is 7.11 Å². The summed E-state index contributed by atoms with van der Waals surface area (Å²) in [7, 11) is 1.31. The van der Waals surface area contributed by atoms with Gasteiger partial charge in [-0.3, -0.25) is 4.79 Å². The Kier molecular flexibility index (Phi) is 2.56. The van der Waals surface area contributed by atoms with E-state index in [0.29, 0.717) is 16.3 Å². The fraction of sp³-hybridized carbons (Fsp3) is 0.0667. The Morgan fingerprint density at radius 2 is 1.89 bits per heavy atom. The van der Waals surface area contributed by atoms with Gasteiger partial charge in [-0.2, -0.15) is 0 Å². The van der Waals surface area contributed by atoms with Crippen LogP contribution in [0.15, 0.2) is 47.3 Å². The summed E-state index contributed by atoms with van der Waals surface area (Å²) in [5.74, 6) is -0.484. The number of aromatic amines is 1. The quantitative estimate of drug-likeness (QED) is 0.678. The van der Waals surface area contributed by atoms with Gasteiger partial charge in [-0.1, -0.05) is 30.3 Å². The lowest BCUT2D eigenvalue weighted by atomic mass is 10.2. The van der Waals surface area contributed by atoms with Crippen molar-refractivity contribution in [1.82, 2.24) is 4.98 Å². The Bertz CT molecular complexity index is 849. The molecule has 4 nitrogen and oxygen atoms in total. The number of aromatic nitrogens is 1. The van der Waals surface area contributed by atoms with Crippen LogP contribution in [0.25, 0.3) is 21.7 Å². The molecule has 0 unspecified atom stereocenters. The normalized spacial score (nSPS) is 10.8. The Hall–Kier alpha value is -2.62. The van der Waals surface area contributed by atoms with E-state index in [-0.39, 0.29) is 11.1 Å². The molecule has 1 aromatic heterocycles. The third-order valence-corrected chi connectivity index (χ3v) is 3.13. The van der Waals surface area contributed by atoms with Crippen LogP contribution >= 0.6 is 0 Å². The third kappa shape index (κ3) is 1.78. The highest BCUT2D eigenvalue weighted by atomic mass is 16.5. The van der Waals surface area contributed by atoms with Crippen molar-refractivity contribution in [2.24, 2.45) is 0 Å². The predicted octanol–water partition coefficient (Wildman–Crippen LogP) is 2.47. The highest BCUT2D eigenvalue weighted by molar-refractivity contribution is 5.98. The van der Waals surface area contributed by atoms with E-state index >= 15 is 0 Å². The fourth-order valence-corrected chi connectivity index (χ4v) is 2.18. The standard InChI is InChI=1S/C15H11NO3/c1-19-15(18)13-8-11-12(16-13)7-6-9-4-2-3-5-10(9)14(11)17/h2-8,16H,1H3. The lowest BCUT2D eigenvalue weighted by Crippen LogP contribution is -2.01. The molecular weight excluding hydrogens is 242 g/mol. The van der Waals surface area contributed by atoms with E-state index in [9.17, 15) is 9.59 Å². The molecule has 3 rings (SSSR count). The van der Waals surface area contributed by atoms with Gasteiger partial charge in [0.15, 0.2) is 5.43 Å². The van der Waals surface area contributed by atoms with E-state index in [4.69, 9.17) is 0 Å². The minimum atomic E-state index is -0.484. The van der Waals surface area contributed by atoms with Crippen LogP contribution in [0.3, 0.4) is 0 Å². The van der Waals surface area contributed by atoms with E-state index in [1.54, 1.807) is 12.1 Å². The van der Waals surface area contributed by atoms with Gasteiger partial charge in [0.05, 0.1) is 12.6 Å². The van der Waals surface area contributed by atoms with E-state index in [1.807, 2.05) is 24.3 Å². The summed E-state index contributed by atoms with van der Waals surface area (Å²) < 4.78 is 4.64. The van der Waals surface area contributed by atoms with Crippen LogP contribution < -0.4 is 5.43 Å². The van der Waals surface area contributed by atoms with Gasteiger partial charge in [0, 0.05) is 10.8 Å².